The fourth-order valence-corrected chi connectivity index (χ4v) is 2.47. The molecule has 2 aromatic carbocycles. The van der Waals surface area contributed by atoms with Crippen molar-refractivity contribution >= 4 is 12.1 Å². The third-order valence-electron chi connectivity index (χ3n) is 3.86. The maximum absolute atomic E-state index is 12.6. The summed E-state index contributed by atoms with van der Waals surface area (Å²) in [7, 11) is 0. The Hall–Kier alpha value is -2.96. The Morgan fingerprint density at radius 1 is 1.11 bits per heavy atom. The third kappa shape index (κ3) is 6.98. The summed E-state index contributed by atoms with van der Waals surface area (Å²) in [6, 6.07) is 15.6. The van der Waals surface area contributed by atoms with E-state index in [0.29, 0.717) is 12.1 Å². The first-order chi connectivity index (χ1) is 13.3. The number of oxime groups is 1. The highest BCUT2D eigenvalue weighted by atomic mass is 19.3. The van der Waals surface area contributed by atoms with Crippen LogP contribution in [0.25, 0.3) is 0 Å². The fourth-order valence-electron chi connectivity index (χ4n) is 2.47. The molecule has 0 bridgehead atoms. The van der Waals surface area contributed by atoms with Crippen molar-refractivity contribution in [2.45, 2.75) is 39.5 Å². The van der Waals surface area contributed by atoms with Gasteiger partial charge in [0.15, 0.2) is 6.61 Å². The van der Waals surface area contributed by atoms with Crippen molar-refractivity contribution in [2.75, 3.05) is 6.61 Å². The molecule has 2 rings (SSSR count). The minimum absolute atomic E-state index is 0.0602. The standard InChI is InChI=1S/C21H24F2N2O3/c1-21(2,3)25(14-17-7-5-4-6-8-17)19(26)15-27-24-13-16-9-11-18(12-10-16)28-20(22)23/h4-13,20H,14-15H2,1-3H3/b24-13+. The van der Waals surface area contributed by atoms with E-state index < -0.39 is 6.61 Å². The number of amides is 1. The molecule has 0 atom stereocenters. The van der Waals surface area contributed by atoms with Gasteiger partial charge in [0, 0.05) is 12.1 Å². The molecule has 0 aliphatic heterocycles. The van der Waals surface area contributed by atoms with Crippen LogP contribution in [0.2, 0.25) is 0 Å². The van der Waals surface area contributed by atoms with Gasteiger partial charge in [0.05, 0.1) is 6.21 Å². The van der Waals surface area contributed by atoms with Gasteiger partial charge in [0.1, 0.15) is 5.75 Å². The molecule has 2 aromatic rings. The lowest BCUT2D eigenvalue weighted by Gasteiger charge is -2.35. The lowest BCUT2D eigenvalue weighted by Crippen LogP contribution is -2.46. The Morgan fingerprint density at radius 2 is 1.75 bits per heavy atom. The summed E-state index contributed by atoms with van der Waals surface area (Å²) in [5.41, 5.74) is 1.28. The Kier molecular flexibility index (Phi) is 7.49. The molecular weight excluding hydrogens is 366 g/mol. The molecule has 7 heteroatoms. The summed E-state index contributed by atoms with van der Waals surface area (Å²) in [6.45, 7) is 3.28. The van der Waals surface area contributed by atoms with Crippen LogP contribution in [-0.2, 0) is 16.2 Å². The molecule has 0 aliphatic carbocycles. The van der Waals surface area contributed by atoms with Crippen LogP contribution in [-0.4, -0.2) is 35.8 Å². The Morgan fingerprint density at radius 3 is 2.32 bits per heavy atom. The molecule has 0 spiro atoms. The first-order valence-corrected chi connectivity index (χ1v) is 8.80. The second-order valence-electron chi connectivity index (χ2n) is 7.09. The zero-order chi connectivity index (χ0) is 20.6. The van der Waals surface area contributed by atoms with Crippen LogP contribution in [0.1, 0.15) is 31.9 Å². The summed E-state index contributed by atoms with van der Waals surface area (Å²) >= 11 is 0. The summed E-state index contributed by atoms with van der Waals surface area (Å²) in [6.07, 6.45) is 1.40. The minimum Gasteiger partial charge on any atom is -0.435 e. The number of hydrogen-bond donors (Lipinski definition) is 0. The van der Waals surface area contributed by atoms with Crippen molar-refractivity contribution in [1.82, 2.24) is 4.90 Å². The van der Waals surface area contributed by atoms with Gasteiger partial charge in [-0.25, -0.2) is 0 Å². The SMILES string of the molecule is CC(C)(C)N(Cc1ccccc1)C(=O)CO/N=C/c1ccc(OC(F)F)cc1. The zero-order valence-electron chi connectivity index (χ0n) is 16.1. The van der Waals surface area contributed by atoms with Crippen LogP contribution >= 0.6 is 0 Å². The van der Waals surface area contributed by atoms with Gasteiger partial charge in [-0.15, -0.1) is 0 Å². The van der Waals surface area contributed by atoms with Gasteiger partial charge < -0.3 is 14.5 Å². The number of ether oxygens (including phenoxy) is 1. The largest absolute Gasteiger partial charge is 0.435 e. The Bertz CT molecular complexity index is 772. The predicted molar refractivity (Wildman–Crippen MR) is 103 cm³/mol. The van der Waals surface area contributed by atoms with Crippen LogP contribution in [0.3, 0.4) is 0 Å². The van der Waals surface area contributed by atoms with Gasteiger partial charge >= 0.3 is 6.61 Å². The topological polar surface area (TPSA) is 51.1 Å². The van der Waals surface area contributed by atoms with Crippen LogP contribution in [0, 0.1) is 0 Å². The third-order valence-corrected chi connectivity index (χ3v) is 3.86. The zero-order valence-corrected chi connectivity index (χ0v) is 16.1. The van der Waals surface area contributed by atoms with E-state index in [1.165, 1.54) is 18.3 Å². The number of rotatable bonds is 8. The molecule has 0 N–H and O–H groups in total. The van der Waals surface area contributed by atoms with Crippen molar-refractivity contribution in [3.8, 4) is 5.75 Å². The molecule has 0 aromatic heterocycles. The van der Waals surface area contributed by atoms with Crippen molar-refractivity contribution in [3.05, 3.63) is 65.7 Å². The molecular formula is C21H24F2N2O3. The van der Waals surface area contributed by atoms with Gasteiger partial charge in [-0.1, -0.05) is 35.5 Å². The number of alkyl halides is 2. The minimum atomic E-state index is -2.87. The second-order valence-corrected chi connectivity index (χ2v) is 7.09. The molecule has 1 amide bonds. The van der Waals surface area contributed by atoms with E-state index >= 15 is 0 Å². The van der Waals surface area contributed by atoms with E-state index in [0.717, 1.165) is 5.56 Å². The summed E-state index contributed by atoms with van der Waals surface area (Å²) < 4.78 is 28.5. The first-order valence-electron chi connectivity index (χ1n) is 8.80. The highest BCUT2D eigenvalue weighted by Crippen LogP contribution is 2.18. The molecule has 0 unspecified atom stereocenters. The average Bonchev–Trinajstić information content (AvgIpc) is 2.64. The molecule has 0 saturated heterocycles. The number of halogens is 2. The van der Waals surface area contributed by atoms with E-state index in [4.69, 9.17) is 4.84 Å². The highest BCUT2D eigenvalue weighted by molar-refractivity contribution is 5.80. The van der Waals surface area contributed by atoms with Crippen LogP contribution in [0.5, 0.6) is 5.75 Å². The van der Waals surface area contributed by atoms with Crippen molar-refractivity contribution in [3.63, 3.8) is 0 Å². The predicted octanol–water partition coefficient (Wildman–Crippen LogP) is 4.47. The molecule has 0 heterocycles. The fraction of sp³-hybridized carbons (Fsp3) is 0.333. The lowest BCUT2D eigenvalue weighted by molar-refractivity contribution is -0.141. The highest BCUT2D eigenvalue weighted by Gasteiger charge is 2.26. The molecule has 0 fully saturated rings. The number of carbonyl (C=O) groups is 1. The van der Waals surface area contributed by atoms with Gasteiger partial charge in [-0.05, 0) is 56.2 Å². The Balaban J connectivity index is 1.90. The number of benzene rings is 2. The van der Waals surface area contributed by atoms with Crippen LogP contribution < -0.4 is 4.74 Å². The summed E-state index contributed by atoms with van der Waals surface area (Å²) in [4.78, 5) is 19.5. The van der Waals surface area contributed by atoms with Gasteiger partial charge in [0.25, 0.3) is 5.91 Å². The smallest absolute Gasteiger partial charge is 0.387 e. The van der Waals surface area contributed by atoms with E-state index in [1.54, 1.807) is 17.0 Å². The maximum Gasteiger partial charge on any atom is 0.387 e. The summed E-state index contributed by atoms with van der Waals surface area (Å²) in [5.74, 6) is -0.126. The van der Waals surface area contributed by atoms with Crippen molar-refractivity contribution < 1.29 is 23.1 Å². The van der Waals surface area contributed by atoms with E-state index in [2.05, 4.69) is 9.89 Å². The van der Waals surface area contributed by atoms with Crippen molar-refractivity contribution in [2.24, 2.45) is 5.16 Å². The number of carbonyl (C=O) groups excluding carboxylic acids is 1. The lowest BCUT2D eigenvalue weighted by atomic mass is 10.0. The molecule has 5 nitrogen and oxygen atoms in total. The summed E-state index contributed by atoms with van der Waals surface area (Å²) in [5, 5.41) is 3.78. The van der Waals surface area contributed by atoms with Crippen molar-refractivity contribution in [1.29, 1.82) is 0 Å². The molecule has 150 valence electrons. The van der Waals surface area contributed by atoms with Crippen LogP contribution in [0.4, 0.5) is 8.78 Å². The average molecular weight is 390 g/mol. The second kappa shape index (κ2) is 9.82. The molecule has 0 radical (unpaired) electrons. The normalized spacial score (nSPS) is 11.6. The van der Waals surface area contributed by atoms with E-state index in [1.807, 2.05) is 51.1 Å². The Labute approximate surface area is 163 Å². The van der Waals surface area contributed by atoms with Crippen LogP contribution in [0.15, 0.2) is 59.8 Å². The molecule has 0 saturated carbocycles. The van der Waals surface area contributed by atoms with Gasteiger partial charge in [-0.3, -0.25) is 4.79 Å². The van der Waals surface area contributed by atoms with E-state index in [-0.39, 0.29) is 23.8 Å². The molecule has 28 heavy (non-hydrogen) atoms. The maximum atomic E-state index is 12.6. The monoisotopic (exact) mass is 390 g/mol. The van der Waals surface area contributed by atoms with E-state index in [9.17, 15) is 13.6 Å². The first kappa shape index (κ1) is 21.3. The number of nitrogens with zero attached hydrogens (tertiary/aromatic N) is 2. The molecule has 0 aliphatic rings. The quantitative estimate of drug-likeness (QED) is 0.494. The van der Waals surface area contributed by atoms with Gasteiger partial charge in [0.2, 0.25) is 0 Å². The number of hydrogen-bond acceptors (Lipinski definition) is 4. The van der Waals surface area contributed by atoms with Gasteiger partial charge in [-0.2, -0.15) is 8.78 Å².